The van der Waals surface area contributed by atoms with Gasteiger partial charge in [0.25, 0.3) is 0 Å². The van der Waals surface area contributed by atoms with E-state index in [-0.39, 0.29) is 18.8 Å². The van der Waals surface area contributed by atoms with Crippen molar-refractivity contribution in [3.8, 4) is 0 Å². The maximum atomic E-state index is 12.7. The second-order valence-electron chi connectivity index (χ2n) is 4.05. The first kappa shape index (κ1) is 14.6. The van der Waals surface area contributed by atoms with Crippen molar-refractivity contribution in [3.05, 3.63) is 35.6 Å². The van der Waals surface area contributed by atoms with Crippen molar-refractivity contribution in [1.29, 1.82) is 0 Å². The van der Waals surface area contributed by atoms with Crippen LogP contribution in [0.3, 0.4) is 0 Å². The Morgan fingerprint density at radius 3 is 2.39 bits per heavy atom. The summed E-state index contributed by atoms with van der Waals surface area (Å²) >= 11 is 0. The fourth-order valence-electron chi connectivity index (χ4n) is 1.43. The molecule has 1 aromatic carbocycles. The van der Waals surface area contributed by atoms with Crippen LogP contribution in [0.25, 0.3) is 0 Å². The molecule has 1 rings (SSSR count). The minimum atomic E-state index is -3.37. The van der Waals surface area contributed by atoms with Crippen molar-refractivity contribution in [2.24, 2.45) is 11.7 Å². The van der Waals surface area contributed by atoms with E-state index in [1.807, 2.05) is 0 Å². The molecule has 0 aliphatic carbocycles. The van der Waals surface area contributed by atoms with Crippen LogP contribution in [0.5, 0.6) is 0 Å². The number of sulfonamides is 1. The zero-order chi connectivity index (χ0) is 13.8. The van der Waals surface area contributed by atoms with Gasteiger partial charge < -0.3 is 5.73 Å². The average molecular weight is 274 g/mol. The summed E-state index contributed by atoms with van der Waals surface area (Å²) in [4.78, 5) is 11.2. The Bertz CT molecular complexity index is 514. The zero-order valence-electron chi connectivity index (χ0n) is 9.89. The maximum absolute atomic E-state index is 12.7. The van der Waals surface area contributed by atoms with E-state index in [4.69, 9.17) is 5.73 Å². The van der Waals surface area contributed by atoms with E-state index in [0.29, 0.717) is 0 Å². The molecule has 1 unspecified atom stereocenters. The first-order valence-corrected chi connectivity index (χ1v) is 7.15. The first-order valence-electron chi connectivity index (χ1n) is 5.26. The molecule has 3 N–H and O–H groups in total. The molecule has 7 heteroatoms. The Hall–Kier alpha value is -1.47. The van der Waals surface area contributed by atoms with Crippen LogP contribution >= 0.6 is 0 Å². The van der Waals surface area contributed by atoms with E-state index >= 15 is 0 Å². The normalized spacial score (nSPS) is 13.2. The number of benzene rings is 1. The lowest BCUT2D eigenvalue weighted by Gasteiger charge is -2.13. The fraction of sp³-hybridized carbons (Fsp3) is 0.364. The summed E-state index contributed by atoms with van der Waals surface area (Å²) in [5.74, 6) is -1.63. The van der Waals surface area contributed by atoms with Gasteiger partial charge in [0.15, 0.2) is 0 Å². The van der Waals surface area contributed by atoms with Crippen LogP contribution in [0.1, 0.15) is 5.56 Å². The zero-order valence-corrected chi connectivity index (χ0v) is 10.7. The predicted molar refractivity (Wildman–Crippen MR) is 65.6 cm³/mol. The van der Waals surface area contributed by atoms with Gasteiger partial charge in [-0.15, -0.1) is 0 Å². The molecule has 0 saturated heterocycles. The summed E-state index contributed by atoms with van der Waals surface area (Å²) in [6, 6.07) is 5.62. The molecule has 0 bridgehead atoms. The second-order valence-corrected chi connectivity index (χ2v) is 5.88. The van der Waals surface area contributed by atoms with Gasteiger partial charge in [-0.05, 0) is 24.1 Å². The second kappa shape index (κ2) is 5.92. The van der Waals surface area contributed by atoms with Crippen molar-refractivity contribution < 1.29 is 17.6 Å². The number of carbonyl (C=O) groups excluding carboxylic acids is 1. The minimum absolute atomic E-state index is 0.0639. The Labute approximate surface area is 105 Å². The highest BCUT2D eigenvalue weighted by Gasteiger charge is 2.17. The van der Waals surface area contributed by atoms with Gasteiger partial charge in [0.05, 0.1) is 12.2 Å². The summed E-state index contributed by atoms with van der Waals surface area (Å²) in [7, 11) is -3.37. The number of rotatable bonds is 6. The summed E-state index contributed by atoms with van der Waals surface area (Å²) in [5, 5.41) is 0. The minimum Gasteiger partial charge on any atom is -0.369 e. The Morgan fingerprint density at radius 2 is 1.94 bits per heavy atom. The van der Waals surface area contributed by atoms with E-state index in [1.54, 1.807) is 0 Å². The van der Waals surface area contributed by atoms with Crippen LogP contribution in [0.4, 0.5) is 4.39 Å². The van der Waals surface area contributed by atoms with Gasteiger partial charge in [-0.25, -0.2) is 17.5 Å². The van der Waals surface area contributed by atoms with Crippen LogP contribution in [0, 0.1) is 11.7 Å². The van der Waals surface area contributed by atoms with Crippen LogP contribution in [-0.2, 0) is 21.2 Å². The van der Waals surface area contributed by atoms with Gasteiger partial charge in [0.1, 0.15) is 5.82 Å². The van der Waals surface area contributed by atoms with Crippen LogP contribution in [0.2, 0.25) is 0 Å². The molecule has 100 valence electrons. The fourth-order valence-corrected chi connectivity index (χ4v) is 1.93. The van der Waals surface area contributed by atoms with Crippen molar-refractivity contribution in [1.82, 2.24) is 4.72 Å². The van der Waals surface area contributed by atoms with Crippen molar-refractivity contribution in [2.75, 3.05) is 12.8 Å². The molecule has 0 aliphatic heterocycles. The largest absolute Gasteiger partial charge is 0.369 e. The number of carbonyl (C=O) groups is 1. The van der Waals surface area contributed by atoms with Crippen molar-refractivity contribution in [3.63, 3.8) is 0 Å². The molecule has 0 aliphatic rings. The van der Waals surface area contributed by atoms with Gasteiger partial charge in [0, 0.05) is 6.54 Å². The Kier molecular flexibility index (Phi) is 4.80. The van der Waals surface area contributed by atoms with Crippen molar-refractivity contribution in [2.45, 2.75) is 6.42 Å². The van der Waals surface area contributed by atoms with E-state index < -0.39 is 21.8 Å². The highest BCUT2D eigenvalue weighted by atomic mass is 32.2. The molecule has 0 fully saturated rings. The molecule has 5 nitrogen and oxygen atoms in total. The van der Waals surface area contributed by atoms with Crippen LogP contribution in [0.15, 0.2) is 24.3 Å². The SMILES string of the molecule is CS(=O)(=O)NCC(Cc1ccc(F)cc1)C(N)=O. The highest BCUT2D eigenvalue weighted by molar-refractivity contribution is 7.88. The third-order valence-electron chi connectivity index (χ3n) is 2.39. The number of amides is 1. The predicted octanol–water partition coefficient (Wildman–Crippen LogP) is 0.0189. The van der Waals surface area contributed by atoms with Gasteiger partial charge >= 0.3 is 0 Å². The molecule has 1 atom stereocenters. The molecule has 0 radical (unpaired) electrons. The van der Waals surface area contributed by atoms with Gasteiger partial charge in [-0.2, -0.15) is 0 Å². The van der Waals surface area contributed by atoms with E-state index in [9.17, 15) is 17.6 Å². The summed E-state index contributed by atoms with van der Waals surface area (Å²) < 4.78 is 36.8. The number of nitrogens with one attached hydrogen (secondary N) is 1. The first-order chi connectivity index (χ1) is 8.28. The van der Waals surface area contributed by atoms with Crippen LogP contribution < -0.4 is 10.5 Å². The smallest absolute Gasteiger partial charge is 0.222 e. The standard InChI is InChI=1S/C11H15FN2O3S/c1-18(16,17)14-7-9(11(13)15)6-8-2-4-10(12)5-3-8/h2-5,9,14H,6-7H2,1H3,(H2,13,15). The lowest BCUT2D eigenvalue weighted by Crippen LogP contribution is -2.36. The molecular weight excluding hydrogens is 259 g/mol. The lowest BCUT2D eigenvalue weighted by molar-refractivity contribution is -0.121. The molecule has 0 aromatic heterocycles. The Morgan fingerprint density at radius 1 is 1.39 bits per heavy atom. The number of hydrogen-bond acceptors (Lipinski definition) is 3. The summed E-state index contributed by atoms with van der Waals surface area (Å²) in [5.41, 5.74) is 5.91. The molecule has 0 heterocycles. The van der Waals surface area contributed by atoms with E-state index in [2.05, 4.69) is 4.72 Å². The molecule has 18 heavy (non-hydrogen) atoms. The lowest BCUT2D eigenvalue weighted by atomic mass is 9.99. The summed E-state index contributed by atoms with van der Waals surface area (Å²) in [6.07, 6.45) is 1.26. The Balaban J connectivity index is 2.69. The van der Waals surface area contributed by atoms with Crippen LogP contribution in [-0.4, -0.2) is 27.1 Å². The van der Waals surface area contributed by atoms with Crippen molar-refractivity contribution >= 4 is 15.9 Å². The number of nitrogens with two attached hydrogens (primary N) is 1. The monoisotopic (exact) mass is 274 g/mol. The highest BCUT2D eigenvalue weighted by Crippen LogP contribution is 2.09. The number of primary amides is 1. The van der Waals surface area contributed by atoms with Gasteiger partial charge in [-0.1, -0.05) is 12.1 Å². The van der Waals surface area contributed by atoms with Gasteiger partial charge in [-0.3, -0.25) is 4.79 Å². The summed E-state index contributed by atoms with van der Waals surface area (Å²) in [6.45, 7) is -0.0639. The third kappa shape index (κ3) is 5.24. The molecule has 0 saturated carbocycles. The van der Waals surface area contributed by atoms with E-state index in [1.165, 1.54) is 24.3 Å². The van der Waals surface area contributed by atoms with E-state index in [0.717, 1.165) is 11.8 Å². The molecule has 1 amide bonds. The average Bonchev–Trinajstić information content (AvgIpc) is 2.25. The topological polar surface area (TPSA) is 89.3 Å². The molecule has 0 spiro atoms. The quantitative estimate of drug-likeness (QED) is 0.766. The molecular formula is C11H15FN2O3S. The maximum Gasteiger partial charge on any atom is 0.222 e. The number of halogens is 1. The molecule has 1 aromatic rings. The third-order valence-corrected chi connectivity index (χ3v) is 3.08. The number of hydrogen-bond donors (Lipinski definition) is 2. The van der Waals surface area contributed by atoms with Gasteiger partial charge in [0.2, 0.25) is 15.9 Å².